The maximum Gasteiger partial charge on any atom is 0.147 e. The number of epoxide rings is 1. The molecule has 0 bridgehead atoms. The van der Waals surface area contributed by atoms with Gasteiger partial charge in [-0.2, -0.15) is 0 Å². The van der Waals surface area contributed by atoms with Crippen molar-refractivity contribution in [2.24, 2.45) is 0 Å². The molecule has 0 unspecified atom stereocenters. The SMILES string of the molecule is C=C[C@@H](OCOC)[C@H](O)[C@H]1CO1. The van der Waals surface area contributed by atoms with E-state index in [4.69, 9.17) is 14.2 Å². The molecule has 1 heterocycles. The van der Waals surface area contributed by atoms with Crippen LogP contribution in [0.3, 0.4) is 0 Å². The number of ether oxygens (including phenoxy) is 3. The molecule has 3 atom stereocenters. The summed E-state index contributed by atoms with van der Waals surface area (Å²) in [5.74, 6) is 0. The van der Waals surface area contributed by atoms with E-state index < -0.39 is 12.2 Å². The number of methoxy groups -OCH3 is 1. The largest absolute Gasteiger partial charge is 0.387 e. The average molecular weight is 174 g/mol. The lowest BCUT2D eigenvalue weighted by molar-refractivity contribution is -0.0973. The molecule has 0 amide bonds. The smallest absolute Gasteiger partial charge is 0.147 e. The molecule has 0 radical (unpaired) electrons. The minimum atomic E-state index is -0.627. The van der Waals surface area contributed by atoms with Gasteiger partial charge in [0.1, 0.15) is 25.1 Å². The molecule has 0 saturated carbocycles. The third kappa shape index (κ3) is 2.57. The van der Waals surface area contributed by atoms with Crippen LogP contribution in [0.4, 0.5) is 0 Å². The van der Waals surface area contributed by atoms with Gasteiger partial charge in [0.25, 0.3) is 0 Å². The summed E-state index contributed by atoms with van der Waals surface area (Å²) in [4.78, 5) is 0. The lowest BCUT2D eigenvalue weighted by atomic mass is 10.1. The molecule has 12 heavy (non-hydrogen) atoms. The Morgan fingerprint density at radius 3 is 2.92 bits per heavy atom. The highest BCUT2D eigenvalue weighted by Crippen LogP contribution is 2.18. The van der Waals surface area contributed by atoms with E-state index in [-0.39, 0.29) is 12.9 Å². The van der Waals surface area contributed by atoms with Gasteiger partial charge in [-0.25, -0.2) is 0 Å². The number of aliphatic hydroxyl groups is 1. The highest BCUT2D eigenvalue weighted by molar-refractivity contribution is 4.93. The Morgan fingerprint density at radius 2 is 2.50 bits per heavy atom. The molecule has 70 valence electrons. The zero-order valence-electron chi connectivity index (χ0n) is 7.10. The van der Waals surface area contributed by atoms with Crippen LogP contribution < -0.4 is 0 Å². The Kier molecular flexibility index (Phi) is 3.68. The predicted molar refractivity (Wildman–Crippen MR) is 42.7 cm³/mol. The monoisotopic (exact) mass is 174 g/mol. The maximum atomic E-state index is 9.50. The van der Waals surface area contributed by atoms with Gasteiger partial charge < -0.3 is 19.3 Å². The fourth-order valence-corrected chi connectivity index (χ4v) is 0.917. The van der Waals surface area contributed by atoms with Crippen LogP contribution in [0.15, 0.2) is 12.7 Å². The molecule has 4 nitrogen and oxygen atoms in total. The van der Waals surface area contributed by atoms with Gasteiger partial charge in [-0.1, -0.05) is 6.08 Å². The Labute approximate surface area is 71.7 Å². The summed E-state index contributed by atoms with van der Waals surface area (Å²) in [6, 6.07) is 0. The van der Waals surface area contributed by atoms with Gasteiger partial charge in [0, 0.05) is 7.11 Å². The fraction of sp³-hybridized carbons (Fsp3) is 0.750. The Morgan fingerprint density at radius 1 is 1.83 bits per heavy atom. The van der Waals surface area contributed by atoms with Crippen molar-refractivity contribution in [3.63, 3.8) is 0 Å². The van der Waals surface area contributed by atoms with Gasteiger partial charge in [-0.15, -0.1) is 6.58 Å². The van der Waals surface area contributed by atoms with E-state index in [0.717, 1.165) is 0 Å². The van der Waals surface area contributed by atoms with Gasteiger partial charge in [0.2, 0.25) is 0 Å². The Balaban J connectivity index is 2.26. The van der Waals surface area contributed by atoms with Crippen LogP contribution >= 0.6 is 0 Å². The summed E-state index contributed by atoms with van der Waals surface area (Å²) in [7, 11) is 1.53. The molecule has 1 N–H and O–H groups in total. The summed E-state index contributed by atoms with van der Waals surface area (Å²) in [5, 5.41) is 9.50. The van der Waals surface area contributed by atoms with Crippen molar-refractivity contribution in [3.8, 4) is 0 Å². The number of rotatable bonds is 6. The molecule has 4 heteroatoms. The van der Waals surface area contributed by atoms with Crippen molar-refractivity contribution < 1.29 is 19.3 Å². The molecule has 0 aromatic rings. The molecule has 1 rings (SSSR count). The van der Waals surface area contributed by atoms with Crippen LogP contribution in [-0.4, -0.2) is 43.9 Å². The molecule has 0 aromatic heterocycles. The van der Waals surface area contributed by atoms with Crippen LogP contribution in [0.25, 0.3) is 0 Å². The van der Waals surface area contributed by atoms with E-state index >= 15 is 0 Å². The standard InChI is InChI=1S/C8H14O4/c1-3-6(12-5-10-2)8(9)7-4-11-7/h3,6-9H,1,4-5H2,2H3/t6-,7-,8+/m1/s1. The minimum Gasteiger partial charge on any atom is -0.387 e. The number of hydrogen-bond acceptors (Lipinski definition) is 4. The fourth-order valence-electron chi connectivity index (χ4n) is 0.917. The highest BCUT2D eigenvalue weighted by Gasteiger charge is 2.36. The van der Waals surface area contributed by atoms with Gasteiger partial charge in [-0.05, 0) is 0 Å². The highest BCUT2D eigenvalue weighted by atomic mass is 16.7. The first-order valence-electron chi connectivity index (χ1n) is 3.82. The van der Waals surface area contributed by atoms with Crippen molar-refractivity contribution >= 4 is 0 Å². The van der Waals surface area contributed by atoms with Crippen molar-refractivity contribution in [1.82, 2.24) is 0 Å². The van der Waals surface area contributed by atoms with E-state index in [2.05, 4.69) is 6.58 Å². The van der Waals surface area contributed by atoms with E-state index in [1.54, 1.807) is 6.08 Å². The van der Waals surface area contributed by atoms with Gasteiger partial charge in [0.15, 0.2) is 0 Å². The first-order chi connectivity index (χ1) is 5.79. The topological polar surface area (TPSA) is 51.2 Å². The normalized spacial score (nSPS) is 26.3. The summed E-state index contributed by atoms with van der Waals surface area (Å²) < 4.78 is 14.8. The van der Waals surface area contributed by atoms with Crippen LogP contribution in [0.1, 0.15) is 0 Å². The summed E-state index contributed by atoms with van der Waals surface area (Å²) in [6.07, 6.45) is 0.422. The number of hydrogen-bond donors (Lipinski definition) is 1. The van der Waals surface area contributed by atoms with E-state index in [1.165, 1.54) is 7.11 Å². The van der Waals surface area contributed by atoms with E-state index in [1.807, 2.05) is 0 Å². The molecular formula is C8H14O4. The second-order valence-corrected chi connectivity index (χ2v) is 2.64. The zero-order valence-corrected chi connectivity index (χ0v) is 7.10. The van der Waals surface area contributed by atoms with Gasteiger partial charge in [0.05, 0.1) is 6.61 Å². The van der Waals surface area contributed by atoms with Crippen LogP contribution in [0.5, 0.6) is 0 Å². The van der Waals surface area contributed by atoms with Gasteiger partial charge >= 0.3 is 0 Å². The maximum absolute atomic E-state index is 9.50. The molecule has 1 fully saturated rings. The minimum absolute atomic E-state index is 0.0927. The van der Waals surface area contributed by atoms with E-state index in [0.29, 0.717) is 6.61 Å². The lowest BCUT2D eigenvalue weighted by Crippen LogP contribution is -2.32. The molecule has 1 aliphatic heterocycles. The average Bonchev–Trinajstić information content (AvgIpc) is 2.88. The predicted octanol–water partition coefficient (Wildman–Crippen LogP) is -0.0788. The molecule has 0 spiro atoms. The number of aliphatic hydroxyl groups excluding tert-OH is 1. The first kappa shape index (κ1) is 9.67. The van der Waals surface area contributed by atoms with Gasteiger partial charge in [-0.3, -0.25) is 0 Å². The van der Waals surface area contributed by atoms with Crippen molar-refractivity contribution in [2.75, 3.05) is 20.5 Å². The molecule has 0 aliphatic carbocycles. The van der Waals surface area contributed by atoms with Crippen LogP contribution in [0.2, 0.25) is 0 Å². The molecule has 1 saturated heterocycles. The molecular weight excluding hydrogens is 160 g/mol. The quantitative estimate of drug-likeness (QED) is 0.347. The summed E-state index contributed by atoms with van der Waals surface area (Å²) in [6.45, 7) is 4.30. The van der Waals surface area contributed by atoms with E-state index in [9.17, 15) is 5.11 Å². The summed E-state index contributed by atoms with van der Waals surface area (Å²) in [5.41, 5.74) is 0. The molecule has 0 aromatic carbocycles. The van der Waals surface area contributed by atoms with Crippen LogP contribution in [-0.2, 0) is 14.2 Å². The zero-order chi connectivity index (χ0) is 8.97. The Bertz CT molecular complexity index is 144. The second-order valence-electron chi connectivity index (χ2n) is 2.64. The van der Waals surface area contributed by atoms with Crippen molar-refractivity contribution in [3.05, 3.63) is 12.7 Å². The molecule has 1 aliphatic rings. The van der Waals surface area contributed by atoms with Crippen molar-refractivity contribution in [1.29, 1.82) is 0 Å². The Hall–Kier alpha value is -0.420. The third-order valence-electron chi connectivity index (χ3n) is 1.69. The first-order valence-corrected chi connectivity index (χ1v) is 3.82. The third-order valence-corrected chi connectivity index (χ3v) is 1.69. The summed E-state index contributed by atoms with van der Waals surface area (Å²) >= 11 is 0. The van der Waals surface area contributed by atoms with Crippen LogP contribution in [0, 0.1) is 0 Å². The van der Waals surface area contributed by atoms with Crippen molar-refractivity contribution in [2.45, 2.75) is 18.3 Å². The lowest BCUT2D eigenvalue weighted by Gasteiger charge is -2.17. The second kappa shape index (κ2) is 4.57.